The van der Waals surface area contributed by atoms with E-state index in [0.29, 0.717) is 3.57 Å². The van der Waals surface area contributed by atoms with E-state index in [9.17, 15) is 22.0 Å². The van der Waals surface area contributed by atoms with E-state index in [0.717, 1.165) is 44.2 Å². The minimum absolute atomic E-state index is 0.0105. The van der Waals surface area contributed by atoms with Gasteiger partial charge in [-0.05, 0) is 71.8 Å². The van der Waals surface area contributed by atoms with Crippen molar-refractivity contribution in [1.29, 1.82) is 0 Å². The number of anilines is 2. The van der Waals surface area contributed by atoms with Crippen LogP contribution in [0, 0.1) is 15.2 Å². The highest BCUT2D eigenvalue weighted by molar-refractivity contribution is 14.1. The molecule has 1 fully saturated rings. The van der Waals surface area contributed by atoms with Crippen molar-refractivity contribution in [3.8, 4) is 11.5 Å². The molecule has 190 valence electrons. The van der Waals surface area contributed by atoms with Crippen LogP contribution in [0.15, 0.2) is 59.5 Å². The Hall–Kier alpha value is -2.77. The van der Waals surface area contributed by atoms with Gasteiger partial charge >= 0.3 is 0 Å². The average Bonchev–Trinajstić information content (AvgIpc) is 2.81. The van der Waals surface area contributed by atoms with Gasteiger partial charge in [0.15, 0.2) is 0 Å². The van der Waals surface area contributed by atoms with Gasteiger partial charge in [0.2, 0.25) is 10.0 Å². The number of carbonyl (C=O) groups is 1. The summed E-state index contributed by atoms with van der Waals surface area (Å²) in [6, 6.07) is 11.8. The first kappa shape index (κ1) is 26.3. The second kappa shape index (κ2) is 11.1. The quantitative estimate of drug-likeness (QED) is 0.273. The van der Waals surface area contributed by atoms with Crippen LogP contribution >= 0.6 is 22.6 Å². The molecule has 0 spiro atoms. The number of benzene rings is 3. The highest BCUT2D eigenvalue weighted by Crippen LogP contribution is 2.35. The molecule has 1 amide bonds. The number of rotatable bonds is 8. The maximum absolute atomic E-state index is 14.5. The van der Waals surface area contributed by atoms with Gasteiger partial charge in [0.25, 0.3) is 5.91 Å². The predicted molar refractivity (Wildman–Crippen MR) is 141 cm³/mol. The van der Waals surface area contributed by atoms with Gasteiger partial charge in [0.05, 0.1) is 16.3 Å². The van der Waals surface area contributed by atoms with Crippen molar-refractivity contribution in [2.75, 3.05) is 5.32 Å². The monoisotopic (exact) mass is 627 g/mol. The third kappa shape index (κ3) is 6.31. The summed E-state index contributed by atoms with van der Waals surface area (Å²) in [5, 5.41) is 2.69. The molecule has 0 bridgehead atoms. The molecule has 0 aromatic heterocycles. The molecule has 1 aliphatic carbocycles. The molecule has 0 aliphatic heterocycles. The number of hydrogen-bond acceptors (Lipinski definition) is 5. The predicted octanol–water partition coefficient (Wildman–Crippen LogP) is 5.82. The van der Waals surface area contributed by atoms with E-state index in [-0.39, 0.29) is 39.4 Å². The number of nitrogens with two attached hydrogens (primary N) is 1. The Bertz CT molecular complexity index is 1400. The Morgan fingerprint density at radius 1 is 1.00 bits per heavy atom. The Balaban J connectivity index is 1.64. The van der Waals surface area contributed by atoms with Gasteiger partial charge in [-0.25, -0.2) is 21.9 Å². The summed E-state index contributed by atoms with van der Waals surface area (Å²) in [6.45, 7) is 0. The number of amides is 1. The largest absolute Gasteiger partial charge is 0.456 e. The van der Waals surface area contributed by atoms with Crippen LogP contribution in [-0.2, 0) is 10.0 Å². The molecule has 0 atom stereocenters. The van der Waals surface area contributed by atoms with Crippen LogP contribution in [0.3, 0.4) is 0 Å². The SMILES string of the molecule is NC(=O)c1c(Nc2ccc(I)cc2F)cc(F)cc1Oc1cccc(S(=O)(=O)NC2CCCCC2)c1. The third-order valence-electron chi connectivity index (χ3n) is 5.78. The van der Waals surface area contributed by atoms with Crippen molar-refractivity contribution >= 4 is 49.9 Å². The second-order valence-electron chi connectivity index (χ2n) is 8.47. The zero-order valence-electron chi connectivity index (χ0n) is 19.1. The fourth-order valence-electron chi connectivity index (χ4n) is 4.09. The minimum Gasteiger partial charge on any atom is -0.456 e. The van der Waals surface area contributed by atoms with Crippen LogP contribution in [0.25, 0.3) is 0 Å². The van der Waals surface area contributed by atoms with Crippen LogP contribution in [0.5, 0.6) is 11.5 Å². The van der Waals surface area contributed by atoms with Crippen LogP contribution in [0.1, 0.15) is 42.5 Å². The standard InChI is InChI=1S/C25H24F2IN3O4S/c26-15-11-22(30-21-10-9-16(28)13-20(21)27)24(25(29)32)23(12-15)35-18-7-4-8-19(14-18)36(33,34)31-17-5-2-1-3-6-17/h4,7-14,17,30-31H,1-3,5-6H2,(H2,29,32). The average molecular weight is 627 g/mol. The van der Waals surface area contributed by atoms with E-state index in [2.05, 4.69) is 10.0 Å². The molecule has 3 aromatic carbocycles. The molecule has 3 aromatic rings. The third-order valence-corrected chi connectivity index (χ3v) is 7.97. The zero-order valence-corrected chi connectivity index (χ0v) is 22.0. The van der Waals surface area contributed by atoms with Gasteiger partial charge in [-0.2, -0.15) is 0 Å². The van der Waals surface area contributed by atoms with Crippen molar-refractivity contribution in [2.24, 2.45) is 5.73 Å². The number of halogens is 3. The molecule has 36 heavy (non-hydrogen) atoms. The fourth-order valence-corrected chi connectivity index (χ4v) is 5.88. The van der Waals surface area contributed by atoms with E-state index in [1.807, 2.05) is 22.6 Å². The van der Waals surface area contributed by atoms with E-state index in [1.54, 1.807) is 6.07 Å². The van der Waals surface area contributed by atoms with Gasteiger partial charge in [-0.3, -0.25) is 4.79 Å². The highest BCUT2D eigenvalue weighted by Gasteiger charge is 2.23. The summed E-state index contributed by atoms with van der Waals surface area (Å²) in [4.78, 5) is 12.3. The highest BCUT2D eigenvalue weighted by atomic mass is 127. The lowest BCUT2D eigenvalue weighted by atomic mass is 9.96. The van der Waals surface area contributed by atoms with Gasteiger partial charge in [-0.1, -0.05) is 25.3 Å². The summed E-state index contributed by atoms with van der Waals surface area (Å²) >= 11 is 1.95. The maximum Gasteiger partial charge on any atom is 0.254 e. The van der Waals surface area contributed by atoms with E-state index < -0.39 is 27.6 Å². The number of sulfonamides is 1. The van der Waals surface area contributed by atoms with Crippen LogP contribution in [0.4, 0.5) is 20.2 Å². The molecule has 4 rings (SSSR count). The van der Waals surface area contributed by atoms with Crippen LogP contribution in [0.2, 0.25) is 0 Å². The smallest absolute Gasteiger partial charge is 0.254 e. The number of hydrogen-bond donors (Lipinski definition) is 3. The molecule has 1 aliphatic rings. The zero-order chi connectivity index (χ0) is 25.9. The van der Waals surface area contributed by atoms with Gasteiger partial charge < -0.3 is 15.8 Å². The first-order valence-corrected chi connectivity index (χ1v) is 13.8. The molecule has 4 N–H and O–H groups in total. The Labute approximate surface area is 221 Å². The van der Waals surface area contributed by atoms with Gasteiger partial charge in [-0.15, -0.1) is 0 Å². The molecular formula is C25H24F2IN3O4S. The molecule has 1 saturated carbocycles. The fraction of sp³-hybridized carbons (Fsp3) is 0.240. The summed E-state index contributed by atoms with van der Waals surface area (Å²) in [7, 11) is -3.82. The van der Waals surface area contributed by atoms with E-state index in [4.69, 9.17) is 10.5 Å². The molecule has 0 saturated heterocycles. The van der Waals surface area contributed by atoms with E-state index in [1.165, 1.54) is 36.4 Å². The molecule has 7 nitrogen and oxygen atoms in total. The first-order chi connectivity index (χ1) is 17.1. The molecular weight excluding hydrogens is 603 g/mol. The Morgan fingerprint density at radius 3 is 2.44 bits per heavy atom. The maximum atomic E-state index is 14.5. The minimum atomic E-state index is -3.82. The number of primary amides is 1. The Morgan fingerprint density at radius 2 is 1.75 bits per heavy atom. The summed E-state index contributed by atoms with van der Waals surface area (Å²) in [5.74, 6) is -2.51. The first-order valence-electron chi connectivity index (χ1n) is 11.3. The number of nitrogens with one attached hydrogen (secondary N) is 2. The van der Waals surface area contributed by atoms with Crippen LogP contribution < -0.4 is 20.5 Å². The topological polar surface area (TPSA) is 111 Å². The summed E-state index contributed by atoms with van der Waals surface area (Å²) in [6.07, 6.45) is 4.57. The van der Waals surface area contributed by atoms with Crippen molar-refractivity contribution in [2.45, 2.75) is 43.0 Å². The molecule has 11 heteroatoms. The number of carbonyl (C=O) groups excluding carboxylic acids is 1. The normalized spacial score (nSPS) is 14.4. The van der Waals surface area contributed by atoms with E-state index >= 15 is 0 Å². The van der Waals surface area contributed by atoms with Crippen molar-refractivity contribution < 1.29 is 26.7 Å². The van der Waals surface area contributed by atoms with Crippen LogP contribution in [-0.4, -0.2) is 20.4 Å². The number of ether oxygens (including phenoxy) is 1. The Kier molecular flexibility index (Phi) is 8.10. The molecule has 0 heterocycles. The summed E-state index contributed by atoms with van der Waals surface area (Å²) in [5.41, 5.74) is 5.25. The summed E-state index contributed by atoms with van der Waals surface area (Å²) < 4.78 is 63.8. The van der Waals surface area contributed by atoms with Crippen molar-refractivity contribution in [3.05, 3.63) is 75.4 Å². The van der Waals surface area contributed by atoms with Crippen molar-refractivity contribution in [1.82, 2.24) is 4.72 Å². The van der Waals surface area contributed by atoms with Gasteiger partial charge in [0, 0.05) is 21.7 Å². The van der Waals surface area contributed by atoms with Crippen molar-refractivity contribution in [3.63, 3.8) is 0 Å². The second-order valence-corrected chi connectivity index (χ2v) is 11.4. The lowest BCUT2D eigenvalue weighted by molar-refractivity contribution is 0.0999. The molecule has 0 radical (unpaired) electrons. The lowest BCUT2D eigenvalue weighted by Crippen LogP contribution is -2.36. The lowest BCUT2D eigenvalue weighted by Gasteiger charge is -2.22. The van der Waals surface area contributed by atoms with Gasteiger partial charge in [0.1, 0.15) is 28.7 Å². The molecule has 0 unspecified atom stereocenters.